The van der Waals surface area contributed by atoms with Crippen LogP contribution in [0.5, 0.6) is 0 Å². The second-order valence-electron chi connectivity index (χ2n) is 4.29. The minimum absolute atomic E-state index is 0.166. The molecular formula is C12H13N3O3. The van der Waals surface area contributed by atoms with Gasteiger partial charge in [0.2, 0.25) is 5.91 Å². The Labute approximate surface area is 104 Å². The third-order valence-electron chi connectivity index (χ3n) is 2.83. The molecule has 6 nitrogen and oxygen atoms in total. The second kappa shape index (κ2) is 4.14. The highest BCUT2D eigenvalue weighted by atomic mass is 16.2. The standard InChI is InChI=1S/C12H13N3O3/c1-7(16)13-9-5-3-8(4-6-9)12(2)10(17)14-11(18)15-12/h3-6H,1-2H3,(H,13,16)(H2,14,15,17,18). The molecule has 1 aromatic rings. The Balaban J connectivity index is 2.27. The van der Waals surface area contributed by atoms with Crippen LogP contribution in [0.25, 0.3) is 0 Å². The highest BCUT2D eigenvalue weighted by molar-refractivity contribution is 6.07. The van der Waals surface area contributed by atoms with E-state index >= 15 is 0 Å². The van der Waals surface area contributed by atoms with Gasteiger partial charge in [-0.3, -0.25) is 14.9 Å². The number of nitrogens with one attached hydrogen (secondary N) is 3. The molecule has 0 aliphatic carbocycles. The molecular weight excluding hydrogens is 234 g/mol. The summed E-state index contributed by atoms with van der Waals surface area (Å²) in [6.45, 7) is 3.04. The minimum Gasteiger partial charge on any atom is -0.326 e. The number of rotatable bonds is 2. The molecule has 0 saturated carbocycles. The van der Waals surface area contributed by atoms with E-state index in [2.05, 4.69) is 16.0 Å². The monoisotopic (exact) mass is 247 g/mol. The van der Waals surface area contributed by atoms with Gasteiger partial charge in [0, 0.05) is 12.6 Å². The van der Waals surface area contributed by atoms with Crippen LogP contribution in [0, 0.1) is 0 Å². The molecule has 1 fully saturated rings. The van der Waals surface area contributed by atoms with Crippen LogP contribution < -0.4 is 16.0 Å². The Hall–Kier alpha value is -2.37. The van der Waals surface area contributed by atoms with Crippen molar-refractivity contribution in [1.29, 1.82) is 0 Å². The number of hydrogen-bond acceptors (Lipinski definition) is 3. The van der Waals surface area contributed by atoms with E-state index in [1.807, 2.05) is 0 Å². The largest absolute Gasteiger partial charge is 0.326 e. The first-order chi connectivity index (χ1) is 8.41. The number of benzene rings is 1. The zero-order valence-corrected chi connectivity index (χ0v) is 10.0. The third kappa shape index (κ3) is 2.04. The summed E-state index contributed by atoms with van der Waals surface area (Å²) in [7, 11) is 0. The van der Waals surface area contributed by atoms with Crippen molar-refractivity contribution in [2.75, 3.05) is 5.32 Å². The summed E-state index contributed by atoms with van der Waals surface area (Å²) in [6.07, 6.45) is 0. The van der Waals surface area contributed by atoms with Crippen molar-refractivity contribution < 1.29 is 14.4 Å². The fourth-order valence-electron chi connectivity index (χ4n) is 1.84. The lowest BCUT2D eigenvalue weighted by Gasteiger charge is -2.21. The predicted molar refractivity (Wildman–Crippen MR) is 64.8 cm³/mol. The summed E-state index contributed by atoms with van der Waals surface area (Å²) in [5, 5.41) is 7.39. The molecule has 1 unspecified atom stereocenters. The van der Waals surface area contributed by atoms with E-state index in [4.69, 9.17) is 0 Å². The topological polar surface area (TPSA) is 87.3 Å². The van der Waals surface area contributed by atoms with Crippen LogP contribution in [0.1, 0.15) is 19.4 Å². The highest BCUT2D eigenvalue weighted by Gasteiger charge is 2.43. The number of carbonyl (C=O) groups excluding carboxylic acids is 3. The van der Waals surface area contributed by atoms with Crippen molar-refractivity contribution >= 4 is 23.5 Å². The van der Waals surface area contributed by atoms with Crippen LogP contribution in [-0.4, -0.2) is 17.8 Å². The number of anilines is 1. The Morgan fingerprint density at radius 2 is 1.83 bits per heavy atom. The van der Waals surface area contributed by atoms with Crippen LogP contribution >= 0.6 is 0 Å². The van der Waals surface area contributed by atoms with E-state index in [9.17, 15) is 14.4 Å². The molecule has 0 bridgehead atoms. The van der Waals surface area contributed by atoms with Gasteiger partial charge in [-0.15, -0.1) is 0 Å². The summed E-state index contributed by atoms with van der Waals surface area (Å²) in [5.74, 6) is -0.555. The molecule has 1 heterocycles. The number of imide groups is 1. The molecule has 4 amide bonds. The summed E-state index contributed by atoms with van der Waals surface area (Å²) in [5.41, 5.74) is 0.228. The second-order valence-corrected chi connectivity index (χ2v) is 4.29. The Bertz CT molecular complexity index is 524. The average molecular weight is 247 g/mol. The molecule has 3 N–H and O–H groups in total. The normalized spacial score (nSPS) is 22.3. The fraction of sp³-hybridized carbons (Fsp3) is 0.250. The molecule has 1 saturated heterocycles. The first-order valence-electron chi connectivity index (χ1n) is 5.43. The van der Waals surface area contributed by atoms with Gasteiger partial charge in [0.05, 0.1) is 0 Å². The molecule has 1 aromatic carbocycles. The maximum absolute atomic E-state index is 11.7. The van der Waals surface area contributed by atoms with Crippen LogP contribution in [0.2, 0.25) is 0 Å². The van der Waals surface area contributed by atoms with Gasteiger partial charge < -0.3 is 10.6 Å². The number of hydrogen-bond donors (Lipinski definition) is 3. The average Bonchev–Trinajstić information content (AvgIpc) is 2.53. The van der Waals surface area contributed by atoms with Gasteiger partial charge in [0.15, 0.2) is 0 Å². The lowest BCUT2D eigenvalue weighted by Crippen LogP contribution is -2.40. The van der Waals surface area contributed by atoms with Crippen molar-refractivity contribution in [3.05, 3.63) is 29.8 Å². The fourth-order valence-corrected chi connectivity index (χ4v) is 1.84. The van der Waals surface area contributed by atoms with Gasteiger partial charge in [0.1, 0.15) is 5.54 Å². The molecule has 0 spiro atoms. The smallest absolute Gasteiger partial charge is 0.322 e. The lowest BCUT2D eigenvalue weighted by atomic mass is 9.92. The number of urea groups is 1. The van der Waals surface area contributed by atoms with Crippen molar-refractivity contribution in [3.8, 4) is 0 Å². The first-order valence-corrected chi connectivity index (χ1v) is 5.43. The lowest BCUT2D eigenvalue weighted by molar-refractivity contribution is -0.123. The molecule has 1 atom stereocenters. The van der Waals surface area contributed by atoms with E-state index in [-0.39, 0.29) is 11.8 Å². The highest BCUT2D eigenvalue weighted by Crippen LogP contribution is 2.25. The zero-order valence-electron chi connectivity index (χ0n) is 10.0. The van der Waals surface area contributed by atoms with E-state index < -0.39 is 11.6 Å². The van der Waals surface area contributed by atoms with Crippen molar-refractivity contribution in [3.63, 3.8) is 0 Å². The quantitative estimate of drug-likeness (QED) is 0.672. The van der Waals surface area contributed by atoms with E-state index in [1.54, 1.807) is 31.2 Å². The molecule has 2 rings (SSSR count). The van der Waals surface area contributed by atoms with Crippen molar-refractivity contribution in [2.45, 2.75) is 19.4 Å². The van der Waals surface area contributed by atoms with E-state index in [1.165, 1.54) is 6.92 Å². The van der Waals surface area contributed by atoms with Crippen molar-refractivity contribution in [2.24, 2.45) is 0 Å². The van der Waals surface area contributed by atoms with Crippen molar-refractivity contribution in [1.82, 2.24) is 10.6 Å². The molecule has 94 valence electrons. The van der Waals surface area contributed by atoms with Crippen LogP contribution in [0.15, 0.2) is 24.3 Å². The third-order valence-corrected chi connectivity index (χ3v) is 2.83. The minimum atomic E-state index is -1.06. The van der Waals surface area contributed by atoms with Gasteiger partial charge in [-0.05, 0) is 24.6 Å². The molecule has 18 heavy (non-hydrogen) atoms. The summed E-state index contributed by atoms with van der Waals surface area (Å²) < 4.78 is 0. The SMILES string of the molecule is CC(=O)Nc1ccc(C2(C)NC(=O)NC2=O)cc1. The first kappa shape index (κ1) is 12.1. The maximum Gasteiger partial charge on any atom is 0.322 e. The van der Waals surface area contributed by atoms with Gasteiger partial charge in [0.25, 0.3) is 5.91 Å². The molecule has 0 radical (unpaired) electrons. The van der Waals surface area contributed by atoms with Gasteiger partial charge >= 0.3 is 6.03 Å². The van der Waals surface area contributed by atoms with Crippen LogP contribution in [0.4, 0.5) is 10.5 Å². The van der Waals surface area contributed by atoms with Crippen LogP contribution in [0.3, 0.4) is 0 Å². The van der Waals surface area contributed by atoms with Gasteiger partial charge in [-0.1, -0.05) is 12.1 Å². The Kier molecular flexibility index (Phi) is 2.78. The van der Waals surface area contributed by atoms with E-state index in [0.717, 1.165) is 0 Å². The van der Waals surface area contributed by atoms with Crippen LogP contribution in [-0.2, 0) is 15.1 Å². The van der Waals surface area contributed by atoms with Gasteiger partial charge in [-0.2, -0.15) is 0 Å². The summed E-state index contributed by atoms with van der Waals surface area (Å²) >= 11 is 0. The zero-order chi connectivity index (χ0) is 13.3. The van der Waals surface area contributed by atoms with Gasteiger partial charge in [-0.25, -0.2) is 4.79 Å². The molecule has 0 aromatic heterocycles. The number of carbonyl (C=O) groups is 3. The Morgan fingerprint density at radius 3 is 2.28 bits per heavy atom. The summed E-state index contributed by atoms with van der Waals surface area (Å²) in [4.78, 5) is 33.7. The molecule has 1 aliphatic rings. The number of amides is 4. The Morgan fingerprint density at radius 1 is 1.22 bits per heavy atom. The predicted octanol–water partition coefficient (Wildman–Crippen LogP) is 0.700. The molecule has 6 heteroatoms. The molecule has 1 aliphatic heterocycles. The van der Waals surface area contributed by atoms with E-state index in [0.29, 0.717) is 11.3 Å². The maximum atomic E-state index is 11.7. The summed E-state index contributed by atoms with van der Waals surface area (Å²) in [6, 6.07) is 6.24.